The van der Waals surface area contributed by atoms with Crippen molar-refractivity contribution in [3.63, 3.8) is 0 Å². The van der Waals surface area contributed by atoms with Gasteiger partial charge in [-0.05, 0) is 62.8 Å². The minimum atomic E-state index is -0.236. The Morgan fingerprint density at radius 1 is 1.00 bits per heavy atom. The van der Waals surface area contributed by atoms with Gasteiger partial charge in [0.05, 0.1) is 24.0 Å². The summed E-state index contributed by atoms with van der Waals surface area (Å²) in [6.45, 7) is 5.05. The first kappa shape index (κ1) is 23.3. The number of carbonyl (C=O) groups excluding carboxylic acids is 1. The van der Waals surface area contributed by atoms with Crippen molar-refractivity contribution in [2.24, 2.45) is 11.3 Å². The number of nitrogens with zero attached hydrogens (tertiary/aromatic N) is 1. The minimum absolute atomic E-state index is 0.1000. The van der Waals surface area contributed by atoms with Crippen molar-refractivity contribution in [3.8, 4) is 17.6 Å². The first-order valence-corrected chi connectivity index (χ1v) is 11.5. The van der Waals surface area contributed by atoms with Gasteiger partial charge in [-0.15, -0.1) is 0 Å². The number of benzene rings is 1. The van der Waals surface area contributed by atoms with Gasteiger partial charge in [0.15, 0.2) is 0 Å². The zero-order valence-corrected chi connectivity index (χ0v) is 18.3. The minimum Gasteiger partial charge on any atom is -0.494 e. The second-order valence-electron chi connectivity index (χ2n) is 8.43. The molecule has 1 aromatic rings. The SMILES string of the molecule is CCCCCCC[C@]1(C#N)CC[C@@H](C(=O)Oc2ccc(OCCCC)cc2)CC1. The normalized spacial score (nSPS) is 21.3. The molecule has 0 bridgehead atoms. The number of hydrogen-bond donors (Lipinski definition) is 0. The Bertz CT molecular complexity index is 639. The lowest BCUT2D eigenvalue weighted by molar-refractivity contribution is -0.140. The van der Waals surface area contributed by atoms with Crippen molar-refractivity contribution in [2.45, 2.75) is 90.9 Å². The van der Waals surface area contributed by atoms with Crippen LogP contribution < -0.4 is 9.47 Å². The number of carbonyl (C=O) groups is 1. The number of unbranched alkanes of at least 4 members (excludes halogenated alkanes) is 5. The second-order valence-corrected chi connectivity index (χ2v) is 8.43. The molecule has 0 spiro atoms. The molecule has 4 nitrogen and oxygen atoms in total. The van der Waals surface area contributed by atoms with Crippen molar-refractivity contribution >= 4 is 5.97 Å². The van der Waals surface area contributed by atoms with E-state index in [1.54, 1.807) is 12.1 Å². The van der Waals surface area contributed by atoms with Crippen molar-refractivity contribution in [1.82, 2.24) is 0 Å². The van der Waals surface area contributed by atoms with Crippen LogP contribution in [0.4, 0.5) is 0 Å². The van der Waals surface area contributed by atoms with Crippen LogP contribution in [0.2, 0.25) is 0 Å². The van der Waals surface area contributed by atoms with Gasteiger partial charge in [-0.2, -0.15) is 5.26 Å². The molecule has 1 aromatic carbocycles. The molecule has 0 atom stereocenters. The van der Waals surface area contributed by atoms with Gasteiger partial charge < -0.3 is 9.47 Å². The van der Waals surface area contributed by atoms with Crippen molar-refractivity contribution in [3.05, 3.63) is 24.3 Å². The molecule has 1 fully saturated rings. The topological polar surface area (TPSA) is 59.3 Å². The van der Waals surface area contributed by atoms with Gasteiger partial charge in [-0.3, -0.25) is 4.79 Å². The average molecular weight is 400 g/mol. The van der Waals surface area contributed by atoms with Gasteiger partial charge in [-0.1, -0.05) is 52.4 Å². The summed E-state index contributed by atoms with van der Waals surface area (Å²) in [4.78, 5) is 12.6. The highest BCUT2D eigenvalue weighted by Crippen LogP contribution is 2.42. The first-order valence-electron chi connectivity index (χ1n) is 11.5. The summed E-state index contributed by atoms with van der Waals surface area (Å²) in [5.41, 5.74) is -0.236. The van der Waals surface area contributed by atoms with Crippen LogP contribution >= 0.6 is 0 Å². The van der Waals surface area contributed by atoms with E-state index < -0.39 is 0 Å². The standard InChI is InChI=1S/C25H37NO3/c1-3-5-7-8-9-16-25(20-26)17-14-21(15-18-25)24(27)29-23-12-10-22(11-13-23)28-19-6-4-2/h10-13,21H,3-9,14-19H2,1-2H3/t21-,25+. The zero-order chi connectivity index (χ0) is 21.0. The lowest BCUT2D eigenvalue weighted by Crippen LogP contribution is -2.31. The molecule has 0 heterocycles. The Morgan fingerprint density at radius 2 is 1.62 bits per heavy atom. The second kappa shape index (κ2) is 12.5. The molecule has 1 aliphatic rings. The number of nitriles is 1. The van der Waals surface area contributed by atoms with Gasteiger partial charge in [0, 0.05) is 0 Å². The molecule has 0 saturated heterocycles. The first-order chi connectivity index (χ1) is 14.1. The molecule has 1 aliphatic carbocycles. The Labute approximate surface area is 176 Å². The van der Waals surface area contributed by atoms with Gasteiger partial charge in [0.25, 0.3) is 0 Å². The summed E-state index contributed by atoms with van der Waals surface area (Å²) in [6.07, 6.45) is 12.3. The molecule has 0 aromatic heterocycles. The summed E-state index contributed by atoms with van der Waals surface area (Å²) in [5, 5.41) is 9.73. The van der Waals surface area contributed by atoms with Crippen LogP contribution in [0.3, 0.4) is 0 Å². The van der Waals surface area contributed by atoms with Crippen molar-refractivity contribution < 1.29 is 14.3 Å². The van der Waals surface area contributed by atoms with E-state index in [1.807, 2.05) is 12.1 Å². The third-order valence-corrected chi connectivity index (χ3v) is 6.08. The fraction of sp³-hybridized carbons (Fsp3) is 0.680. The number of ether oxygens (including phenoxy) is 2. The monoisotopic (exact) mass is 399 g/mol. The highest BCUT2D eigenvalue weighted by atomic mass is 16.5. The summed E-state index contributed by atoms with van der Waals surface area (Å²) < 4.78 is 11.2. The molecule has 2 rings (SSSR count). The zero-order valence-electron chi connectivity index (χ0n) is 18.3. The van der Waals surface area contributed by atoms with Crippen LogP contribution in [-0.4, -0.2) is 12.6 Å². The molecule has 1 saturated carbocycles. The van der Waals surface area contributed by atoms with E-state index in [9.17, 15) is 10.1 Å². The predicted octanol–water partition coefficient (Wildman–Crippen LogP) is 6.83. The largest absolute Gasteiger partial charge is 0.494 e. The summed E-state index contributed by atoms with van der Waals surface area (Å²) in [6, 6.07) is 9.85. The molecule has 29 heavy (non-hydrogen) atoms. The molecule has 160 valence electrons. The summed E-state index contributed by atoms with van der Waals surface area (Å²) in [5.74, 6) is 1.09. The average Bonchev–Trinajstić information content (AvgIpc) is 2.75. The molecular formula is C25H37NO3. The third-order valence-electron chi connectivity index (χ3n) is 6.08. The third kappa shape index (κ3) is 7.72. The molecule has 0 N–H and O–H groups in total. The molecule has 0 aliphatic heterocycles. The highest BCUT2D eigenvalue weighted by molar-refractivity contribution is 5.75. The Kier molecular flexibility index (Phi) is 10.0. The fourth-order valence-corrected chi connectivity index (χ4v) is 4.03. The number of rotatable bonds is 12. The van der Waals surface area contributed by atoms with E-state index in [0.717, 1.165) is 57.1 Å². The van der Waals surface area contributed by atoms with Crippen molar-refractivity contribution in [2.75, 3.05) is 6.61 Å². The number of esters is 1. The van der Waals surface area contributed by atoms with Crippen LogP contribution in [-0.2, 0) is 4.79 Å². The van der Waals surface area contributed by atoms with E-state index in [0.29, 0.717) is 12.4 Å². The fourth-order valence-electron chi connectivity index (χ4n) is 4.03. The lowest BCUT2D eigenvalue weighted by Gasteiger charge is -2.34. The smallest absolute Gasteiger partial charge is 0.314 e. The van der Waals surface area contributed by atoms with E-state index in [1.165, 1.54) is 25.7 Å². The predicted molar refractivity (Wildman–Crippen MR) is 116 cm³/mol. The van der Waals surface area contributed by atoms with E-state index in [2.05, 4.69) is 19.9 Å². The maximum atomic E-state index is 12.6. The van der Waals surface area contributed by atoms with Gasteiger partial charge in [0.1, 0.15) is 11.5 Å². The van der Waals surface area contributed by atoms with E-state index in [-0.39, 0.29) is 17.3 Å². The molecular weight excluding hydrogens is 362 g/mol. The summed E-state index contributed by atoms with van der Waals surface area (Å²) in [7, 11) is 0. The van der Waals surface area contributed by atoms with Gasteiger partial charge in [-0.25, -0.2) is 0 Å². The Balaban J connectivity index is 1.76. The number of hydrogen-bond acceptors (Lipinski definition) is 4. The maximum Gasteiger partial charge on any atom is 0.314 e. The summed E-state index contributed by atoms with van der Waals surface area (Å²) >= 11 is 0. The van der Waals surface area contributed by atoms with Gasteiger partial charge >= 0.3 is 5.97 Å². The van der Waals surface area contributed by atoms with Crippen LogP contribution in [0.1, 0.15) is 90.9 Å². The Hall–Kier alpha value is -2.02. The van der Waals surface area contributed by atoms with Crippen LogP contribution in [0.25, 0.3) is 0 Å². The van der Waals surface area contributed by atoms with Crippen molar-refractivity contribution in [1.29, 1.82) is 5.26 Å². The van der Waals surface area contributed by atoms with E-state index in [4.69, 9.17) is 9.47 Å². The molecule has 0 radical (unpaired) electrons. The quantitative estimate of drug-likeness (QED) is 0.219. The van der Waals surface area contributed by atoms with Crippen LogP contribution in [0.5, 0.6) is 11.5 Å². The Morgan fingerprint density at radius 3 is 2.24 bits per heavy atom. The van der Waals surface area contributed by atoms with E-state index >= 15 is 0 Å². The van der Waals surface area contributed by atoms with Crippen LogP contribution in [0, 0.1) is 22.7 Å². The molecule has 0 amide bonds. The highest BCUT2D eigenvalue weighted by Gasteiger charge is 2.37. The van der Waals surface area contributed by atoms with Gasteiger partial charge in [0.2, 0.25) is 0 Å². The maximum absolute atomic E-state index is 12.6. The molecule has 4 heteroatoms. The van der Waals surface area contributed by atoms with Crippen LogP contribution in [0.15, 0.2) is 24.3 Å². The molecule has 0 unspecified atom stereocenters. The lowest BCUT2D eigenvalue weighted by atomic mass is 9.69.